The molecule has 3 atom stereocenters. The van der Waals surface area contributed by atoms with Crippen molar-refractivity contribution >= 4 is 11.8 Å². The fraction of sp³-hybridized carbons (Fsp3) is 0.704. The van der Waals surface area contributed by atoms with Gasteiger partial charge in [0.1, 0.15) is 11.6 Å². The Balaban J connectivity index is 1.49. The highest BCUT2D eigenvalue weighted by Crippen LogP contribution is 2.39. The largest absolute Gasteiger partial charge is 0.342 e. The normalized spacial score (nSPS) is 30.0. The number of unbranched alkanes of at least 4 members (excludes halogenated alkanes) is 1. The number of nitrogens with zero attached hydrogens (tertiary/aromatic N) is 2. The Kier molecular flexibility index (Phi) is 7.55. The Morgan fingerprint density at radius 2 is 1.84 bits per heavy atom. The molecule has 3 fully saturated rings. The van der Waals surface area contributed by atoms with Crippen molar-refractivity contribution in [1.82, 2.24) is 15.1 Å². The van der Waals surface area contributed by atoms with Crippen molar-refractivity contribution in [2.45, 2.75) is 89.8 Å². The summed E-state index contributed by atoms with van der Waals surface area (Å²) in [4.78, 5) is 31.9. The molecule has 2 amide bonds. The average molecular weight is 440 g/mol. The summed E-state index contributed by atoms with van der Waals surface area (Å²) in [6, 6.07) is 10.2. The number of hydrogen-bond donors (Lipinski definition) is 1. The summed E-state index contributed by atoms with van der Waals surface area (Å²) in [5, 5.41) is 3.23. The molecule has 2 unspecified atom stereocenters. The van der Waals surface area contributed by atoms with Gasteiger partial charge in [0.15, 0.2) is 0 Å². The number of carbonyl (C=O) groups excluding carboxylic acids is 2. The fourth-order valence-corrected chi connectivity index (χ4v) is 6.32. The second kappa shape index (κ2) is 10.4. The number of piperazine rings is 1. The molecule has 5 nitrogen and oxygen atoms in total. The Morgan fingerprint density at radius 3 is 2.53 bits per heavy atom. The quantitative estimate of drug-likeness (QED) is 0.687. The zero-order valence-electron chi connectivity index (χ0n) is 20.0. The predicted octanol–water partition coefficient (Wildman–Crippen LogP) is 4.36. The number of rotatable bonds is 7. The smallest absolute Gasteiger partial charge is 0.247 e. The topological polar surface area (TPSA) is 52.7 Å². The lowest BCUT2D eigenvalue weighted by Gasteiger charge is -2.55. The number of nitrogens with one attached hydrogen (secondary N) is 1. The molecular weight excluding hydrogens is 398 g/mol. The van der Waals surface area contributed by atoms with Crippen molar-refractivity contribution in [2.75, 3.05) is 19.6 Å². The zero-order chi connectivity index (χ0) is 22.6. The Morgan fingerprint density at radius 1 is 1.09 bits per heavy atom. The van der Waals surface area contributed by atoms with Crippen LogP contribution in [0.5, 0.6) is 0 Å². The standard InChI is InChI=1S/C27H41N3O2/c1-3-4-16-30-25(31)24(18-22-11-7-5-8-12-22)28-26(32)27(30)15-17-29(19-21(27)2)20-23-13-9-6-10-14-23/h6,9-10,13-14,21-22,24H,3-5,7-8,11-12,15-20H2,1-2H3,(H,28,32)/t21?,24-,27?/m0/s1. The fourth-order valence-electron chi connectivity index (χ4n) is 6.32. The molecular formula is C27H41N3O2. The van der Waals surface area contributed by atoms with Gasteiger partial charge in [-0.15, -0.1) is 0 Å². The van der Waals surface area contributed by atoms with E-state index in [2.05, 4.69) is 48.3 Å². The van der Waals surface area contributed by atoms with Gasteiger partial charge in [-0.1, -0.05) is 82.7 Å². The minimum absolute atomic E-state index is 0.0980. The molecule has 176 valence electrons. The van der Waals surface area contributed by atoms with Gasteiger partial charge in [0, 0.05) is 32.1 Å². The molecule has 1 spiro atoms. The van der Waals surface area contributed by atoms with Crippen LogP contribution in [0, 0.1) is 11.8 Å². The maximum absolute atomic E-state index is 13.7. The molecule has 1 saturated carbocycles. The van der Waals surface area contributed by atoms with E-state index in [4.69, 9.17) is 0 Å². The minimum atomic E-state index is -0.692. The van der Waals surface area contributed by atoms with Gasteiger partial charge in [-0.05, 0) is 30.7 Å². The molecule has 2 heterocycles. The van der Waals surface area contributed by atoms with Crippen molar-refractivity contribution in [1.29, 1.82) is 0 Å². The summed E-state index contributed by atoms with van der Waals surface area (Å²) in [5.74, 6) is 0.953. The summed E-state index contributed by atoms with van der Waals surface area (Å²) >= 11 is 0. The first-order valence-electron chi connectivity index (χ1n) is 12.9. The predicted molar refractivity (Wildman–Crippen MR) is 128 cm³/mol. The second-order valence-electron chi connectivity index (χ2n) is 10.4. The summed E-state index contributed by atoms with van der Waals surface area (Å²) in [6.07, 6.45) is 9.75. The Labute approximate surface area is 193 Å². The number of benzene rings is 1. The van der Waals surface area contributed by atoms with E-state index >= 15 is 0 Å². The van der Waals surface area contributed by atoms with Crippen LogP contribution in [0.3, 0.4) is 0 Å². The molecule has 1 aromatic carbocycles. The molecule has 32 heavy (non-hydrogen) atoms. The van der Waals surface area contributed by atoms with Crippen LogP contribution in [-0.4, -0.2) is 52.8 Å². The minimum Gasteiger partial charge on any atom is -0.342 e. The third kappa shape index (κ3) is 4.73. The van der Waals surface area contributed by atoms with Crippen LogP contribution >= 0.6 is 0 Å². The summed E-state index contributed by atoms with van der Waals surface area (Å²) < 4.78 is 0. The number of amides is 2. The van der Waals surface area contributed by atoms with Gasteiger partial charge in [0.05, 0.1) is 0 Å². The monoisotopic (exact) mass is 439 g/mol. The summed E-state index contributed by atoms with van der Waals surface area (Å²) in [7, 11) is 0. The van der Waals surface area contributed by atoms with E-state index in [1.165, 1.54) is 37.7 Å². The molecule has 4 rings (SSSR count). The maximum Gasteiger partial charge on any atom is 0.247 e. The third-order valence-electron chi connectivity index (χ3n) is 8.18. The molecule has 0 radical (unpaired) electrons. The summed E-state index contributed by atoms with van der Waals surface area (Å²) in [5.41, 5.74) is 0.609. The van der Waals surface area contributed by atoms with Crippen LogP contribution in [0.1, 0.15) is 77.2 Å². The summed E-state index contributed by atoms with van der Waals surface area (Å²) in [6.45, 7) is 7.61. The van der Waals surface area contributed by atoms with E-state index in [0.717, 1.165) is 45.3 Å². The van der Waals surface area contributed by atoms with E-state index in [0.29, 0.717) is 12.5 Å². The van der Waals surface area contributed by atoms with Crippen LogP contribution in [-0.2, 0) is 16.1 Å². The highest BCUT2D eigenvalue weighted by atomic mass is 16.2. The number of carbonyl (C=O) groups is 2. The van der Waals surface area contributed by atoms with E-state index in [1.54, 1.807) is 0 Å². The van der Waals surface area contributed by atoms with Crippen molar-refractivity contribution in [3.63, 3.8) is 0 Å². The van der Waals surface area contributed by atoms with E-state index in [-0.39, 0.29) is 23.8 Å². The van der Waals surface area contributed by atoms with E-state index < -0.39 is 5.54 Å². The number of hydrogen-bond acceptors (Lipinski definition) is 3. The molecule has 5 heteroatoms. The molecule has 1 aliphatic carbocycles. The SMILES string of the molecule is CCCCN1C(=O)[C@H](CC2CCCCC2)NC(=O)C12CCN(Cc1ccccc1)CC2C. The first kappa shape index (κ1) is 23.3. The van der Waals surface area contributed by atoms with Crippen LogP contribution in [0.25, 0.3) is 0 Å². The molecule has 2 saturated heterocycles. The van der Waals surface area contributed by atoms with Crippen LogP contribution in [0.15, 0.2) is 30.3 Å². The Hall–Kier alpha value is -1.88. The van der Waals surface area contributed by atoms with E-state index in [9.17, 15) is 9.59 Å². The van der Waals surface area contributed by atoms with E-state index in [1.807, 2.05) is 11.0 Å². The van der Waals surface area contributed by atoms with Gasteiger partial charge >= 0.3 is 0 Å². The highest BCUT2D eigenvalue weighted by molar-refractivity contribution is 6.00. The van der Waals surface area contributed by atoms with Crippen molar-refractivity contribution in [3.8, 4) is 0 Å². The Bertz CT molecular complexity index is 776. The van der Waals surface area contributed by atoms with Gasteiger partial charge in [0.25, 0.3) is 0 Å². The number of piperidine rings is 1. The third-order valence-corrected chi connectivity index (χ3v) is 8.18. The van der Waals surface area contributed by atoms with Crippen LogP contribution < -0.4 is 5.32 Å². The first-order chi connectivity index (χ1) is 15.5. The van der Waals surface area contributed by atoms with Gasteiger partial charge in [-0.2, -0.15) is 0 Å². The molecule has 2 aliphatic heterocycles. The zero-order valence-corrected chi connectivity index (χ0v) is 20.0. The van der Waals surface area contributed by atoms with Gasteiger partial charge in [0.2, 0.25) is 11.8 Å². The average Bonchev–Trinajstić information content (AvgIpc) is 2.80. The molecule has 3 aliphatic rings. The maximum atomic E-state index is 13.7. The molecule has 1 N–H and O–H groups in total. The lowest BCUT2D eigenvalue weighted by Crippen LogP contribution is -2.75. The van der Waals surface area contributed by atoms with Crippen molar-refractivity contribution in [3.05, 3.63) is 35.9 Å². The van der Waals surface area contributed by atoms with Gasteiger partial charge < -0.3 is 10.2 Å². The second-order valence-corrected chi connectivity index (χ2v) is 10.4. The van der Waals surface area contributed by atoms with Crippen molar-refractivity contribution in [2.24, 2.45) is 11.8 Å². The van der Waals surface area contributed by atoms with Crippen LogP contribution in [0.4, 0.5) is 0 Å². The van der Waals surface area contributed by atoms with Crippen LogP contribution in [0.2, 0.25) is 0 Å². The number of likely N-dealkylation sites (tertiary alicyclic amines) is 1. The van der Waals surface area contributed by atoms with Gasteiger partial charge in [-0.3, -0.25) is 14.5 Å². The molecule has 0 aromatic heterocycles. The van der Waals surface area contributed by atoms with Gasteiger partial charge in [-0.25, -0.2) is 0 Å². The lowest BCUT2D eigenvalue weighted by atomic mass is 9.73. The molecule has 0 bridgehead atoms. The first-order valence-corrected chi connectivity index (χ1v) is 12.9. The molecule has 1 aromatic rings. The lowest BCUT2D eigenvalue weighted by molar-refractivity contribution is -0.166. The van der Waals surface area contributed by atoms with Crippen molar-refractivity contribution < 1.29 is 9.59 Å². The highest BCUT2D eigenvalue weighted by Gasteiger charge is 2.56.